The lowest BCUT2D eigenvalue weighted by Crippen LogP contribution is -2.43. The van der Waals surface area contributed by atoms with Gasteiger partial charge in [-0.2, -0.15) is 0 Å². The Hall–Kier alpha value is -1.63. The van der Waals surface area contributed by atoms with E-state index >= 15 is 0 Å². The predicted octanol–water partition coefficient (Wildman–Crippen LogP) is -2.22. The third kappa shape index (κ3) is 5.09. The molecule has 14 heavy (non-hydrogen) atoms. The molecule has 0 heterocycles. The molecule has 0 bridgehead atoms. The summed E-state index contributed by atoms with van der Waals surface area (Å²) < 4.78 is 0. The molecular weight excluding hydrogens is 190 g/mol. The molecule has 0 rings (SSSR count). The first-order valence-corrected chi connectivity index (χ1v) is 3.98. The number of primary amides is 1. The van der Waals surface area contributed by atoms with E-state index in [1.165, 1.54) is 0 Å². The number of carboxylic acids is 1. The molecule has 2 amide bonds. The zero-order valence-corrected chi connectivity index (χ0v) is 7.53. The summed E-state index contributed by atoms with van der Waals surface area (Å²) in [5.41, 5.74) is 9.89. The second kappa shape index (κ2) is 5.92. The van der Waals surface area contributed by atoms with Crippen molar-refractivity contribution in [3.05, 3.63) is 0 Å². The standard InChI is InChI=1S/C7H13N3O4/c8-2-1-6(12)10-4(7(13)14)3-5(9)11/h4H,1-3,8H2,(H2,9,11)(H,10,12)(H,13,14). The molecule has 0 aliphatic heterocycles. The van der Waals surface area contributed by atoms with Crippen LogP contribution >= 0.6 is 0 Å². The number of nitrogens with two attached hydrogens (primary N) is 2. The van der Waals surface area contributed by atoms with Crippen LogP contribution in [0.3, 0.4) is 0 Å². The summed E-state index contributed by atoms with van der Waals surface area (Å²) >= 11 is 0. The SMILES string of the molecule is NCCC(=O)NC(CC(N)=O)C(=O)O. The van der Waals surface area contributed by atoms with E-state index in [-0.39, 0.29) is 13.0 Å². The molecule has 0 aromatic rings. The van der Waals surface area contributed by atoms with E-state index in [0.717, 1.165) is 0 Å². The maximum absolute atomic E-state index is 10.9. The number of nitrogens with one attached hydrogen (secondary N) is 1. The van der Waals surface area contributed by atoms with Crippen molar-refractivity contribution < 1.29 is 19.5 Å². The highest BCUT2D eigenvalue weighted by Gasteiger charge is 2.21. The van der Waals surface area contributed by atoms with Crippen LogP contribution in [-0.2, 0) is 14.4 Å². The van der Waals surface area contributed by atoms with E-state index in [4.69, 9.17) is 16.6 Å². The number of hydrogen-bond donors (Lipinski definition) is 4. The fourth-order valence-corrected chi connectivity index (χ4v) is 0.799. The van der Waals surface area contributed by atoms with Crippen LogP contribution in [0.2, 0.25) is 0 Å². The van der Waals surface area contributed by atoms with E-state index in [2.05, 4.69) is 5.32 Å². The summed E-state index contributed by atoms with van der Waals surface area (Å²) in [6, 6.07) is -1.27. The van der Waals surface area contributed by atoms with Crippen molar-refractivity contribution in [1.29, 1.82) is 0 Å². The molecule has 7 nitrogen and oxygen atoms in total. The average molecular weight is 203 g/mol. The van der Waals surface area contributed by atoms with E-state index in [1.807, 2.05) is 0 Å². The van der Waals surface area contributed by atoms with Crippen molar-refractivity contribution in [2.45, 2.75) is 18.9 Å². The van der Waals surface area contributed by atoms with Crippen LogP contribution in [0, 0.1) is 0 Å². The molecule has 0 aliphatic carbocycles. The van der Waals surface area contributed by atoms with Gasteiger partial charge in [0.2, 0.25) is 11.8 Å². The molecule has 0 aliphatic rings. The first kappa shape index (κ1) is 12.4. The van der Waals surface area contributed by atoms with Gasteiger partial charge in [0.05, 0.1) is 6.42 Å². The van der Waals surface area contributed by atoms with Crippen molar-refractivity contribution in [3.8, 4) is 0 Å². The number of hydrogen-bond acceptors (Lipinski definition) is 4. The number of aliphatic carboxylic acids is 1. The molecule has 7 heteroatoms. The van der Waals surface area contributed by atoms with Crippen molar-refractivity contribution in [2.75, 3.05) is 6.54 Å². The van der Waals surface area contributed by atoms with Crippen LogP contribution in [0.5, 0.6) is 0 Å². The Morgan fingerprint density at radius 2 is 1.93 bits per heavy atom. The van der Waals surface area contributed by atoms with Crippen LogP contribution in [-0.4, -0.2) is 35.5 Å². The van der Waals surface area contributed by atoms with Crippen molar-refractivity contribution in [3.63, 3.8) is 0 Å². The summed E-state index contributed by atoms with van der Waals surface area (Å²) in [6.07, 6.45) is -0.409. The minimum Gasteiger partial charge on any atom is -0.480 e. The minimum absolute atomic E-state index is 0.0164. The van der Waals surface area contributed by atoms with Gasteiger partial charge in [-0.05, 0) is 0 Å². The molecule has 1 atom stereocenters. The summed E-state index contributed by atoms with van der Waals surface area (Å²) in [4.78, 5) is 31.9. The molecule has 6 N–H and O–H groups in total. The summed E-state index contributed by atoms with van der Waals surface area (Å²) in [7, 11) is 0. The van der Waals surface area contributed by atoms with Gasteiger partial charge in [-0.3, -0.25) is 9.59 Å². The van der Waals surface area contributed by atoms with Gasteiger partial charge in [0, 0.05) is 13.0 Å². The Morgan fingerprint density at radius 1 is 1.36 bits per heavy atom. The fraction of sp³-hybridized carbons (Fsp3) is 0.571. The second-order valence-corrected chi connectivity index (χ2v) is 2.67. The lowest BCUT2D eigenvalue weighted by atomic mass is 10.2. The van der Waals surface area contributed by atoms with E-state index in [9.17, 15) is 14.4 Å². The monoisotopic (exact) mass is 203 g/mol. The van der Waals surface area contributed by atoms with Gasteiger partial charge < -0.3 is 21.9 Å². The summed E-state index contributed by atoms with van der Waals surface area (Å²) in [5.74, 6) is -2.60. The van der Waals surface area contributed by atoms with Gasteiger partial charge in [0.25, 0.3) is 0 Å². The van der Waals surface area contributed by atoms with E-state index in [0.29, 0.717) is 0 Å². The Balaban J connectivity index is 4.16. The van der Waals surface area contributed by atoms with Crippen LogP contribution in [0.15, 0.2) is 0 Å². The number of carbonyl (C=O) groups is 3. The van der Waals surface area contributed by atoms with Gasteiger partial charge >= 0.3 is 5.97 Å². The van der Waals surface area contributed by atoms with Gasteiger partial charge in [-0.15, -0.1) is 0 Å². The highest BCUT2D eigenvalue weighted by Crippen LogP contribution is 1.92. The molecule has 0 aromatic carbocycles. The molecule has 1 unspecified atom stereocenters. The molecule has 80 valence electrons. The Labute approximate surface area is 80.4 Å². The summed E-state index contributed by atoms with van der Waals surface area (Å²) in [6.45, 7) is 0.120. The van der Waals surface area contributed by atoms with E-state index < -0.39 is 30.2 Å². The largest absolute Gasteiger partial charge is 0.480 e. The highest BCUT2D eigenvalue weighted by atomic mass is 16.4. The lowest BCUT2D eigenvalue weighted by Gasteiger charge is -2.11. The summed E-state index contributed by atoms with van der Waals surface area (Å²) in [5, 5.41) is 10.7. The van der Waals surface area contributed by atoms with Gasteiger partial charge in [-0.25, -0.2) is 4.79 Å². The molecule has 0 spiro atoms. The fourth-order valence-electron chi connectivity index (χ4n) is 0.799. The molecule has 0 saturated heterocycles. The maximum Gasteiger partial charge on any atom is 0.326 e. The van der Waals surface area contributed by atoms with Crippen LogP contribution in [0.1, 0.15) is 12.8 Å². The Kier molecular flexibility index (Phi) is 5.23. The number of carbonyl (C=O) groups excluding carboxylic acids is 2. The van der Waals surface area contributed by atoms with Gasteiger partial charge in [0.1, 0.15) is 6.04 Å². The zero-order valence-electron chi connectivity index (χ0n) is 7.53. The quantitative estimate of drug-likeness (QED) is 0.387. The lowest BCUT2D eigenvalue weighted by molar-refractivity contribution is -0.143. The average Bonchev–Trinajstić information content (AvgIpc) is 2.02. The predicted molar refractivity (Wildman–Crippen MR) is 47.0 cm³/mol. The van der Waals surface area contributed by atoms with Gasteiger partial charge in [-0.1, -0.05) is 0 Å². The Bertz CT molecular complexity index is 241. The third-order valence-corrected chi connectivity index (χ3v) is 1.41. The molecule has 0 fully saturated rings. The van der Waals surface area contributed by atoms with Crippen molar-refractivity contribution in [1.82, 2.24) is 5.32 Å². The molecule has 0 radical (unpaired) electrons. The molecule has 0 saturated carbocycles. The van der Waals surface area contributed by atoms with Gasteiger partial charge in [0.15, 0.2) is 0 Å². The molecular formula is C7H13N3O4. The van der Waals surface area contributed by atoms with Crippen LogP contribution in [0.4, 0.5) is 0 Å². The Morgan fingerprint density at radius 3 is 2.29 bits per heavy atom. The van der Waals surface area contributed by atoms with E-state index in [1.54, 1.807) is 0 Å². The maximum atomic E-state index is 10.9. The van der Waals surface area contributed by atoms with Crippen molar-refractivity contribution in [2.24, 2.45) is 11.5 Å². The third-order valence-electron chi connectivity index (χ3n) is 1.41. The highest BCUT2D eigenvalue weighted by molar-refractivity contribution is 5.88. The number of rotatable bonds is 6. The first-order chi connectivity index (χ1) is 6.47. The number of amides is 2. The zero-order chi connectivity index (χ0) is 11.1. The number of carboxylic acid groups (broad SMARTS) is 1. The smallest absolute Gasteiger partial charge is 0.326 e. The van der Waals surface area contributed by atoms with Crippen LogP contribution in [0.25, 0.3) is 0 Å². The topological polar surface area (TPSA) is 136 Å². The van der Waals surface area contributed by atoms with Crippen molar-refractivity contribution >= 4 is 17.8 Å². The first-order valence-electron chi connectivity index (χ1n) is 3.98. The normalized spacial score (nSPS) is 11.8. The second-order valence-electron chi connectivity index (χ2n) is 2.67. The van der Waals surface area contributed by atoms with Crippen LogP contribution < -0.4 is 16.8 Å². The minimum atomic E-state index is -1.30. The molecule has 0 aromatic heterocycles.